The van der Waals surface area contributed by atoms with E-state index in [0.717, 1.165) is 17.5 Å². The number of rotatable bonds is 4. The molecule has 0 radical (unpaired) electrons. The summed E-state index contributed by atoms with van der Waals surface area (Å²) in [5.41, 5.74) is 8.78. The van der Waals surface area contributed by atoms with Crippen LogP contribution in [0.2, 0.25) is 0 Å². The molecule has 3 aromatic heterocycles. The number of carbonyl (C=O) groups excluding carboxylic acids is 1. The monoisotopic (exact) mass is 320 g/mol. The highest BCUT2D eigenvalue weighted by molar-refractivity contribution is 5.98. The minimum Gasteiger partial charge on any atom is -0.383 e. The standard InChI is InChI=1S/C17H16N6O/c1-2-5-21-17(24)14-15(19)23-6-3-4-13(16(23)22-14)12-7-11(8-18)9-20-10-12/h3-4,6-7,9-10H,2,5,19H2,1H3,(H,21,24). The first-order chi connectivity index (χ1) is 11.7. The van der Waals surface area contributed by atoms with Crippen molar-refractivity contribution in [3.63, 3.8) is 0 Å². The van der Waals surface area contributed by atoms with Gasteiger partial charge in [-0.1, -0.05) is 6.92 Å². The summed E-state index contributed by atoms with van der Waals surface area (Å²) in [6.07, 6.45) is 5.72. The van der Waals surface area contributed by atoms with Gasteiger partial charge in [-0.05, 0) is 24.6 Å². The molecule has 0 aromatic carbocycles. The molecule has 0 saturated heterocycles. The van der Waals surface area contributed by atoms with Crippen LogP contribution in [0.4, 0.5) is 5.82 Å². The van der Waals surface area contributed by atoms with E-state index in [4.69, 9.17) is 11.0 Å². The highest BCUT2D eigenvalue weighted by atomic mass is 16.1. The molecule has 1 amide bonds. The van der Waals surface area contributed by atoms with Gasteiger partial charge in [0.1, 0.15) is 17.5 Å². The summed E-state index contributed by atoms with van der Waals surface area (Å²) >= 11 is 0. The maximum absolute atomic E-state index is 12.2. The van der Waals surface area contributed by atoms with Gasteiger partial charge in [-0.3, -0.25) is 14.2 Å². The first-order valence-electron chi connectivity index (χ1n) is 7.56. The van der Waals surface area contributed by atoms with Crippen LogP contribution < -0.4 is 11.1 Å². The molecule has 3 rings (SSSR count). The Kier molecular flexibility index (Phi) is 4.12. The molecule has 0 saturated carbocycles. The number of pyridine rings is 2. The van der Waals surface area contributed by atoms with Crippen molar-refractivity contribution in [2.24, 2.45) is 0 Å². The van der Waals surface area contributed by atoms with E-state index in [1.54, 1.807) is 22.9 Å². The highest BCUT2D eigenvalue weighted by Crippen LogP contribution is 2.27. The summed E-state index contributed by atoms with van der Waals surface area (Å²) in [4.78, 5) is 20.7. The fourth-order valence-corrected chi connectivity index (χ4v) is 2.45. The summed E-state index contributed by atoms with van der Waals surface area (Å²) in [5.74, 6) is -0.0160. The van der Waals surface area contributed by atoms with Crippen LogP contribution in [0.1, 0.15) is 29.4 Å². The maximum Gasteiger partial charge on any atom is 0.273 e. The number of amides is 1. The number of nitrogen functional groups attached to an aromatic ring is 1. The zero-order valence-electron chi connectivity index (χ0n) is 13.2. The Bertz CT molecular complexity index is 953. The van der Waals surface area contributed by atoms with Crippen LogP contribution in [-0.2, 0) is 0 Å². The van der Waals surface area contributed by atoms with E-state index in [9.17, 15) is 4.79 Å². The number of carbonyl (C=O) groups is 1. The number of fused-ring (bicyclic) bond motifs is 1. The Labute approximate surface area is 138 Å². The zero-order valence-corrected chi connectivity index (χ0v) is 13.2. The van der Waals surface area contributed by atoms with Crippen LogP contribution >= 0.6 is 0 Å². The number of hydrogen-bond acceptors (Lipinski definition) is 5. The highest BCUT2D eigenvalue weighted by Gasteiger charge is 2.18. The number of nitrogens with one attached hydrogen (secondary N) is 1. The fourth-order valence-electron chi connectivity index (χ4n) is 2.45. The number of imidazole rings is 1. The molecule has 0 atom stereocenters. The molecule has 7 heteroatoms. The van der Waals surface area contributed by atoms with Gasteiger partial charge in [-0.2, -0.15) is 5.26 Å². The van der Waals surface area contributed by atoms with Crippen molar-refractivity contribution in [3.05, 3.63) is 48.0 Å². The molecule has 0 unspecified atom stereocenters. The lowest BCUT2D eigenvalue weighted by atomic mass is 10.1. The van der Waals surface area contributed by atoms with E-state index in [2.05, 4.69) is 21.4 Å². The van der Waals surface area contributed by atoms with E-state index >= 15 is 0 Å². The van der Waals surface area contributed by atoms with Crippen LogP contribution in [0.15, 0.2) is 36.8 Å². The van der Waals surface area contributed by atoms with Gasteiger partial charge >= 0.3 is 0 Å². The molecule has 3 N–H and O–H groups in total. The van der Waals surface area contributed by atoms with E-state index < -0.39 is 0 Å². The van der Waals surface area contributed by atoms with Crippen molar-refractivity contribution in [2.45, 2.75) is 13.3 Å². The third-order valence-electron chi connectivity index (χ3n) is 3.62. The van der Waals surface area contributed by atoms with Crippen molar-refractivity contribution in [1.29, 1.82) is 5.26 Å². The molecule has 0 spiro atoms. The van der Waals surface area contributed by atoms with Gasteiger partial charge in [0.25, 0.3) is 5.91 Å². The molecule has 0 fully saturated rings. The van der Waals surface area contributed by atoms with E-state index in [1.165, 1.54) is 6.20 Å². The van der Waals surface area contributed by atoms with Crippen LogP contribution in [-0.4, -0.2) is 26.8 Å². The van der Waals surface area contributed by atoms with Crippen molar-refractivity contribution in [1.82, 2.24) is 19.7 Å². The van der Waals surface area contributed by atoms with E-state index in [0.29, 0.717) is 17.8 Å². The lowest BCUT2D eigenvalue weighted by molar-refractivity contribution is 0.0950. The number of nitriles is 1. The van der Waals surface area contributed by atoms with Crippen LogP contribution in [0.25, 0.3) is 16.8 Å². The SMILES string of the molecule is CCCNC(=O)c1nc2c(-c3cncc(C#N)c3)cccn2c1N. The Morgan fingerprint density at radius 3 is 3.04 bits per heavy atom. The van der Waals surface area contributed by atoms with E-state index in [1.807, 2.05) is 19.1 Å². The second-order valence-corrected chi connectivity index (χ2v) is 5.29. The quantitative estimate of drug-likeness (QED) is 0.764. The topological polar surface area (TPSA) is 109 Å². The predicted octanol–water partition coefficient (Wildman–Crippen LogP) is 1.99. The van der Waals surface area contributed by atoms with Gasteiger partial charge in [0.15, 0.2) is 5.69 Å². The molecule has 0 aliphatic rings. The van der Waals surface area contributed by atoms with Gasteiger partial charge < -0.3 is 11.1 Å². The minimum atomic E-state index is -0.298. The molecular formula is C17H16N6O. The molecule has 0 aliphatic carbocycles. The van der Waals surface area contributed by atoms with Crippen LogP contribution in [0, 0.1) is 11.3 Å². The molecule has 3 aromatic rings. The Balaban J connectivity index is 2.14. The molecule has 0 aliphatic heterocycles. The van der Waals surface area contributed by atoms with E-state index in [-0.39, 0.29) is 17.4 Å². The van der Waals surface area contributed by atoms with Crippen LogP contribution in [0.5, 0.6) is 0 Å². The average molecular weight is 320 g/mol. The van der Waals surface area contributed by atoms with Gasteiger partial charge in [0, 0.05) is 36.3 Å². The summed E-state index contributed by atoms with van der Waals surface area (Å²) in [7, 11) is 0. The molecular weight excluding hydrogens is 304 g/mol. The maximum atomic E-state index is 12.2. The second-order valence-electron chi connectivity index (χ2n) is 5.29. The van der Waals surface area contributed by atoms with Gasteiger partial charge in [-0.15, -0.1) is 0 Å². The molecule has 3 heterocycles. The normalized spacial score (nSPS) is 10.5. The molecule has 0 bridgehead atoms. The van der Waals surface area contributed by atoms with Crippen molar-refractivity contribution in [3.8, 4) is 17.2 Å². The van der Waals surface area contributed by atoms with Crippen molar-refractivity contribution in [2.75, 3.05) is 12.3 Å². The third-order valence-corrected chi connectivity index (χ3v) is 3.62. The average Bonchev–Trinajstić information content (AvgIpc) is 2.97. The largest absolute Gasteiger partial charge is 0.383 e. The Morgan fingerprint density at radius 1 is 1.46 bits per heavy atom. The summed E-state index contributed by atoms with van der Waals surface area (Å²) in [6.45, 7) is 2.54. The van der Waals surface area contributed by atoms with Crippen LogP contribution in [0.3, 0.4) is 0 Å². The van der Waals surface area contributed by atoms with Gasteiger partial charge in [0.2, 0.25) is 0 Å². The lowest BCUT2D eigenvalue weighted by Crippen LogP contribution is -2.25. The van der Waals surface area contributed by atoms with Gasteiger partial charge in [-0.25, -0.2) is 4.98 Å². The third kappa shape index (κ3) is 2.65. The summed E-state index contributed by atoms with van der Waals surface area (Å²) in [5, 5.41) is 11.8. The Morgan fingerprint density at radius 2 is 2.29 bits per heavy atom. The number of nitrogens with two attached hydrogens (primary N) is 1. The predicted molar refractivity (Wildman–Crippen MR) is 90.2 cm³/mol. The lowest BCUT2D eigenvalue weighted by Gasteiger charge is -2.04. The summed E-state index contributed by atoms with van der Waals surface area (Å²) in [6, 6.07) is 7.46. The molecule has 7 nitrogen and oxygen atoms in total. The minimum absolute atomic E-state index is 0.195. The smallest absolute Gasteiger partial charge is 0.273 e. The Hall–Kier alpha value is -3.40. The van der Waals surface area contributed by atoms with Gasteiger partial charge in [0.05, 0.1) is 5.56 Å². The fraction of sp³-hybridized carbons (Fsp3) is 0.176. The number of anilines is 1. The van der Waals surface area contributed by atoms with Crippen molar-refractivity contribution >= 4 is 17.4 Å². The first-order valence-corrected chi connectivity index (χ1v) is 7.56. The molecule has 24 heavy (non-hydrogen) atoms. The zero-order chi connectivity index (χ0) is 17.1. The summed E-state index contributed by atoms with van der Waals surface area (Å²) < 4.78 is 1.66. The van der Waals surface area contributed by atoms with Crippen molar-refractivity contribution < 1.29 is 4.79 Å². The number of hydrogen-bond donors (Lipinski definition) is 2. The number of nitrogens with zero attached hydrogens (tertiary/aromatic N) is 4. The second kappa shape index (κ2) is 6.38. The number of aromatic nitrogens is 3. The first kappa shape index (κ1) is 15.5. The molecule has 120 valence electrons.